The van der Waals surface area contributed by atoms with Gasteiger partial charge in [0, 0.05) is 6.04 Å². The molecular weight excluding hydrogens is 258 g/mol. The van der Waals surface area contributed by atoms with E-state index in [0.717, 1.165) is 5.56 Å². The Kier molecular flexibility index (Phi) is 4.76. The Hall–Kier alpha value is -2.30. The van der Waals surface area contributed by atoms with Crippen molar-refractivity contribution in [3.8, 4) is 0 Å². The van der Waals surface area contributed by atoms with E-state index in [0.29, 0.717) is 12.8 Å². The van der Waals surface area contributed by atoms with Crippen LogP contribution >= 0.6 is 0 Å². The standard InChI is InChI=1S/C15H17NO4/c17-14(18)12-8-4-5-9-13(12)16-15(19)20-10-11-6-2-1-3-7-11/h1-7,12-13H,8-10H2,(H,16,19)(H,17,18)/t12-,13+/m1/s1. The Balaban J connectivity index is 1.84. The third-order valence-electron chi connectivity index (χ3n) is 3.27. The summed E-state index contributed by atoms with van der Waals surface area (Å²) in [6, 6.07) is 8.91. The zero-order valence-electron chi connectivity index (χ0n) is 11.0. The van der Waals surface area contributed by atoms with Gasteiger partial charge in [0.25, 0.3) is 0 Å². The van der Waals surface area contributed by atoms with Gasteiger partial charge >= 0.3 is 12.1 Å². The highest BCUT2D eigenvalue weighted by molar-refractivity contribution is 5.74. The van der Waals surface area contributed by atoms with E-state index >= 15 is 0 Å². The van der Waals surface area contributed by atoms with Crippen molar-refractivity contribution < 1.29 is 19.4 Å². The van der Waals surface area contributed by atoms with Gasteiger partial charge in [-0.2, -0.15) is 0 Å². The molecule has 0 fully saturated rings. The molecule has 1 amide bonds. The van der Waals surface area contributed by atoms with E-state index in [4.69, 9.17) is 9.84 Å². The molecule has 1 aliphatic carbocycles. The Labute approximate surface area is 117 Å². The number of benzene rings is 1. The molecule has 5 nitrogen and oxygen atoms in total. The number of ether oxygens (including phenoxy) is 1. The van der Waals surface area contributed by atoms with Crippen molar-refractivity contribution in [2.45, 2.75) is 25.5 Å². The summed E-state index contributed by atoms with van der Waals surface area (Å²) in [5.74, 6) is -1.49. The Bertz CT molecular complexity index is 498. The topological polar surface area (TPSA) is 75.6 Å². The summed E-state index contributed by atoms with van der Waals surface area (Å²) in [7, 11) is 0. The Morgan fingerprint density at radius 3 is 2.60 bits per heavy atom. The van der Waals surface area contributed by atoms with Crippen LogP contribution < -0.4 is 5.32 Å². The SMILES string of the molecule is O=C(N[C@H]1CC=CC[C@H]1C(=O)O)OCc1ccccc1. The van der Waals surface area contributed by atoms with E-state index in [1.807, 2.05) is 42.5 Å². The number of aliphatic carboxylic acids is 1. The van der Waals surface area contributed by atoms with E-state index in [-0.39, 0.29) is 6.61 Å². The first kappa shape index (κ1) is 14.1. The van der Waals surface area contributed by atoms with E-state index < -0.39 is 24.0 Å². The van der Waals surface area contributed by atoms with E-state index in [9.17, 15) is 9.59 Å². The van der Waals surface area contributed by atoms with Crippen LogP contribution in [0.4, 0.5) is 4.79 Å². The molecule has 106 valence electrons. The fraction of sp³-hybridized carbons (Fsp3) is 0.333. The summed E-state index contributed by atoms with van der Waals surface area (Å²) >= 11 is 0. The zero-order chi connectivity index (χ0) is 14.4. The molecule has 0 heterocycles. The number of carboxylic acids is 1. The van der Waals surface area contributed by atoms with Crippen LogP contribution in [0.5, 0.6) is 0 Å². The number of rotatable bonds is 4. The van der Waals surface area contributed by atoms with Gasteiger partial charge in [-0.05, 0) is 18.4 Å². The lowest BCUT2D eigenvalue weighted by Crippen LogP contribution is -2.44. The van der Waals surface area contributed by atoms with Crippen molar-refractivity contribution >= 4 is 12.1 Å². The molecule has 0 radical (unpaired) electrons. The Morgan fingerprint density at radius 1 is 1.20 bits per heavy atom. The lowest BCUT2D eigenvalue weighted by Gasteiger charge is -2.25. The van der Waals surface area contributed by atoms with Gasteiger partial charge in [-0.1, -0.05) is 42.5 Å². The van der Waals surface area contributed by atoms with Crippen molar-refractivity contribution in [3.05, 3.63) is 48.0 Å². The van der Waals surface area contributed by atoms with Crippen LogP contribution in [0.25, 0.3) is 0 Å². The average Bonchev–Trinajstić information content (AvgIpc) is 2.46. The van der Waals surface area contributed by atoms with Gasteiger partial charge in [0.1, 0.15) is 6.61 Å². The van der Waals surface area contributed by atoms with Crippen LogP contribution in [0.2, 0.25) is 0 Å². The third kappa shape index (κ3) is 3.85. The smallest absolute Gasteiger partial charge is 0.407 e. The first-order valence-corrected chi connectivity index (χ1v) is 6.52. The predicted molar refractivity (Wildman–Crippen MR) is 73.1 cm³/mol. The summed E-state index contributed by atoms with van der Waals surface area (Å²) in [6.45, 7) is 0.174. The number of amides is 1. The van der Waals surface area contributed by atoms with E-state index in [1.165, 1.54) is 0 Å². The molecular formula is C15H17NO4. The van der Waals surface area contributed by atoms with Gasteiger partial charge in [-0.3, -0.25) is 4.79 Å². The van der Waals surface area contributed by atoms with Gasteiger partial charge in [-0.25, -0.2) is 4.79 Å². The number of hydrogen-bond donors (Lipinski definition) is 2. The summed E-state index contributed by atoms with van der Waals surface area (Å²) in [4.78, 5) is 22.8. The molecule has 0 bridgehead atoms. The van der Waals surface area contributed by atoms with Crippen LogP contribution in [0.1, 0.15) is 18.4 Å². The number of nitrogens with one attached hydrogen (secondary N) is 1. The van der Waals surface area contributed by atoms with Gasteiger partial charge in [0.15, 0.2) is 0 Å². The van der Waals surface area contributed by atoms with E-state index in [1.54, 1.807) is 0 Å². The molecule has 2 N–H and O–H groups in total. The predicted octanol–water partition coefficient (Wildman–Crippen LogP) is 2.33. The molecule has 0 aromatic heterocycles. The minimum atomic E-state index is -0.900. The lowest BCUT2D eigenvalue weighted by atomic mass is 9.89. The largest absolute Gasteiger partial charge is 0.481 e. The quantitative estimate of drug-likeness (QED) is 0.827. The summed E-state index contributed by atoms with van der Waals surface area (Å²) in [5, 5.41) is 11.7. The fourth-order valence-electron chi connectivity index (χ4n) is 2.16. The number of carboxylic acid groups (broad SMARTS) is 1. The summed E-state index contributed by atoms with van der Waals surface area (Å²) in [5.41, 5.74) is 0.890. The third-order valence-corrected chi connectivity index (χ3v) is 3.27. The maximum absolute atomic E-state index is 11.7. The maximum atomic E-state index is 11.7. The first-order valence-electron chi connectivity index (χ1n) is 6.52. The minimum Gasteiger partial charge on any atom is -0.481 e. The number of hydrogen-bond acceptors (Lipinski definition) is 3. The summed E-state index contributed by atoms with van der Waals surface area (Å²) in [6.07, 6.45) is 4.06. The van der Waals surface area contributed by atoms with Gasteiger partial charge in [-0.15, -0.1) is 0 Å². The minimum absolute atomic E-state index is 0.174. The Morgan fingerprint density at radius 2 is 1.90 bits per heavy atom. The van der Waals surface area contributed by atoms with Crippen LogP contribution in [-0.4, -0.2) is 23.2 Å². The molecule has 5 heteroatoms. The average molecular weight is 275 g/mol. The highest BCUT2D eigenvalue weighted by Crippen LogP contribution is 2.19. The molecule has 1 aliphatic rings. The molecule has 20 heavy (non-hydrogen) atoms. The van der Waals surface area contributed by atoms with Crippen molar-refractivity contribution in [2.24, 2.45) is 5.92 Å². The lowest BCUT2D eigenvalue weighted by molar-refractivity contribution is -0.142. The van der Waals surface area contributed by atoms with Crippen LogP contribution in [-0.2, 0) is 16.1 Å². The molecule has 0 spiro atoms. The van der Waals surface area contributed by atoms with Crippen LogP contribution in [0.15, 0.2) is 42.5 Å². The summed E-state index contributed by atoms with van der Waals surface area (Å²) < 4.78 is 5.09. The molecule has 0 saturated carbocycles. The second-order valence-electron chi connectivity index (χ2n) is 4.70. The fourth-order valence-corrected chi connectivity index (χ4v) is 2.16. The normalized spacial score (nSPS) is 21.2. The number of alkyl carbamates (subject to hydrolysis) is 1. The molecule has 1 aromatic rings. The molecule has 0 saturated heterocycles. The number of carbonyl (C=O) groups excluding carboxylic acids is 1. The highest BCUT2D eigenvalue weighted by atomic mass is 16.5. The number of carbonyl (C=O) groups is 2. The highest BCUT2D eigenvalue weighted by Gasteiger charge is 2.30. The number of allylic oxidation sites excluding steroid dienone is 1. The van der Waals surface area contributed by atoms with Crippen molar-refractivity contribution in [1.29, 1.82) is 0 Å². The first-order chi connectivity index (χ1) is 9.66. The van der Waals surface area contributed by atoms with E-state index in [2.05, 4.69) is 5.32 Å². The van der Waals surface area contributed by atoms with Gasteiger partial charge in [0.05, 0.1) is 5.92 Å². The van der Waals surface area contributed by atoms with Gasteiger partial charge in [0.2, 0.25) is 0 Å². The van der Waals surface area contributed by atoms with Crippen molar-refractivity contribution in [3.63, 3.8) is 0 Å². The molecule has 2 atom stereocenters. The maximum Gasteiger partial charge on any atom is 0.407 e. The molecule has 0 aliphatic heterocycles. The second kappa shape index (κ2) is 6.75. The van der Waals surface area contributed by atoms with Crippen LogP contribution in [0.3, 0.4) is 0 Å². The van der Waals surface area contributed by atoms with Gasteiger partial charge < -0.3 is 15.2 Å². The molecule has 2 rings (SSSR count). The van der Waals surface area contributed by atoms with Crippen LogP contribution in [0, 0.1) is 5.92 Å². The van der Waals surface area contributed by atoms with Crippen molar-refractivity contribution in [1.82, 2.24) is 5.32 Å². The molecule has 1 aromatic carbocycles. The second-order valence-corrected chi connectivity index (χ2v) is 4.70. The molecule has 0 unspecified atom stereocenters. The monoisotopic (exact) mass is 275 g/mol. The zero-order valence-corrected chi connectivity index (χ0v) is 11.0. The van der Waals surface area contributed by atoms with Crippen molar-refractivity contribution in [2.75, 3.05) is 0 Å².